The summed E-state index contributed by atoms with van der Waals surface area (Å²) in [6.45, 7) is 8.08. The molecule has 0 saturated heterocycles. The molecule has 84 valence electrons. The zero-order valence-electron chi connectivity index (χ0n) is 9.65. The SMILES string of the molecule is CC(C)SC(=O)c1ccn(C(C)C)c1N. The van der Waals surface area contributed by atoms with E-state index in [0.29, 0.717) is 16.6 Å². The number of hydrogen-bond acceptors (Lipinski definition) is 3. The van der Waals surface area contributed by atoms with Gasteiger partial charge < -0.3 is 10.3 Å². The molecule has 1 aromatic heterocycles. The van der Waals surface area contributed by atoms with E-state index in [1.807, 2.05) is 38.5 Å². The number of nitrogens with two attached hydrogens (primary N) is 1. The third-order valence-electron chi connectivity index (χ3n) is 2.07. The quantitative estimate of drug-likeness (QED) is 0.862. The standard InChI is InChI=1S/C11H18N2OS/c1-7(2)13-6-5-9(10(13)12)11(14)15-8(3)4/h5-8H,12H2,1-4H3. The lowest BCUT2D eigenvalue weighted by Gasteiger charge is -2.10. The maximum atomic E-state index is 11.8. The molecule has 3 nitrogen and oxygen atoms in total. The topological polar surface area (TPSA) is 48.0 Å². The van der Waals surface area contributed by atoms with Gasteiger partial charge in [-0.3, -0.25) is 4.79 Å². The van der Waals surface area contributed by atoms with Crippen molar-refractivity contribution in [3.8, 4) is 0 Å². The summed E-state index contributed by atoms with van der Waals surface area (Å²) in [4.78, 5) is 11.8. The van der Waals surface area contributed by atoms with Crippen molar-refractivity contribution in [3.05, 3.63) is 17.8 Å². The third kappa shape index (κ3) is 2.78. The number of nitrogens with zero attached hydrogens (tertiary/aromatic N) is 1. The molecule has 4 heteroatoms. The Morgan fingerprint density at radius 2 is 2.00 bits per heavy atom. The van der Waals surface area contributed by atoms with Crippen LogP contribution in [0.4, 0.5) is 5.82 Å². The molecule has 1 heterocycles. The van der Waals surface area contributed by atoms with Gasteiger partial charge in [0.2, 0.25) is 5.12 Å². The fourth-order valence-electron chi connectivity index (χ4n) is 1.36. The number of carbonyl (C=O) groups excluding carboxylic acids is 1. The van der Waals surface area contributed by atoms with Crippen LogP contribution in [0.5, 0.6) is 0 Å². The van der Waals surface area contributed by atoms with Crippen molar-refractivity contribution in [2.24, 2.45) is 0 Å². The summed E-state index contributed by atoms with van der Waals surface area (Å²) in [5.41, 5.74) is 6.54. The van der Waals surface area contributed by atoms with Crippen LogP contribution in [0.1, 0.15) is 44.1 Å². The van der Waals surface area contributed by atoms with E-state index in [0.717, 1.165) is 0 Å². The molecule has 0 saturated carbocycles. The second kappa shape index (κ2) is 4.75. The van der Waals surface area contributed by atoms with E-state index in [2.05, 4.69) is 0 Å². The van der Waals surface area contributed by atoms with Crippen LogP contribution in [-0.2, 0) is 0 Å². The zero-order valence-corrected chi connectivity index (χ0v) is 10.5. The first-order valence-electron chi connectivity index (χ1n) is 5.10. The number of aromatic nitrogens is 1. The zero-order chi connectivity index (χ0) is 11.6. The van der Waals surface area contributed by atoms with E-state index in [1.54, 1.807) is 6.07 Å². The van der Waals surface area contributed by atoms with E-state index in [1.165, 1.54) is 11.8 Å². The number of hydrogen-bond donors (Lipinski definition) is 1. The highest BCUT2D eigenvalue weighted by atomic mass is 32.2. The van der Waals surface area contributed by atoms with Crippen molar-refractivity contribution in [1.82, 2.24) is 4.57 Å². The summed E-state index contributed by atoms with van der Waals surface area (Å²) in [6, 6.07) is 2.09. The average molecular weight is 226 g/mol. The van der Waals surface area contributed by atoms with E-state index in [4.69, 9.17) is 5.73 Å². The Morgan fingerprint density at radius 1 is 1.40 bits per heavy atom. The molecular formula is C11H18N2OS. The second-order valence-corrected chi connectivity index (χ2v) is 5.62. The highest BCUT2D eigenvalue weighted by Gasteiger charge is 2.16. The summed E-state index contributed by atoms with van der Waals surface area (Å²) in [5, 5.41) is 0.348. The fourth-order valence-corrected chi connectivity index (χ4v) is 2.09. The summed E-state index contributed by atoms with van der Waals surface area (Å²) in [7, 11) is 0. The first kappa shape index (κ1) is 12.2. The van der Waals surface area contributed by atoms with Crippen LogP contribution in [-0.4, -0.2) is 14.9 Å². The molecule has 0 amide bonds. The van der Waals surface area contributed by atoms with E-state index in [-0.39, 0.29) is 11.2 Å². The predicted molar refractivity (Wildman–Crippen MR) is 66.3 cm³/mol. The van der Waals surface area contributed by atoms with Crippen molar-refractivity contribution in [2.45, 2.75) is 39.0 Å². The largest absolute Gasteiger partial charge is 0.384 e. The molecule has 0 bridgehead atoms. The summed E-state index contributed by atoms with van der Waals surface area (Å²) < 4.78 is 1.91. The van der Waals surface area contributed by atoms with Crippen LogP contribution in [0.3, 0.4) is 0 Å². The summed E-state index contributed by atoms with van der Waals surface area (Å²) >= 11 is 1.31. The minimum Gasteiger partial charge on any atom is -0.384 e. The van der Waals surface area contributed by atoms with E-state index >= 15 is 0 Å². The minimum absolute atomic E-state index is 0.0573. The van der Waals surface area contributed by atoms with Crippen molar-refractivity contribution >= 4 is 22.7 Å². The lowest BCUT2D eigenvalue weighted by atomic mass is 10.3. The van der Waals surface area contributed by atoms with Gasteiger partial charge in [0.1, 0.15) is 5.82 Å². The van der Waals surface area contributed by atoms with Crippen LogP contribution in [0, 0.1) is 0 Å². The molecule has 0 aliphatic rings. The van der Waals surface area contributed by atoms with Crippen LogP contribution in [0.2, 0.25) is 0 Å². The van der Waals surface area contributed by atoms with Gasteiger partial charge in [0.25, 0.3) is 0 Å². The van der Waals surface area contributed by atoms with Crippen LogP contribution >= 0.6 is 11.8 Å². The maximum Gasteiger partial charge on any atom is 0.223 e. The van der Waals surface area contributed by atoms with Crippen molar-refractivity contribution in [1.29, 1.82) is 0 Å². The molecule has 0 aliphatic heterocycles. The van der Waals surface area contributed by atoms with Gasteiger partial charge in [-0.1, -0.05) is 25.6 Å². The molecule has 0 unspecified atom stereocenters. The van der Waals surface area contributed by atoms with Crippen molar-refractivity contribution in [3.63, 3.8) is 0 Å². The van der Waals surface area contributed by atoms with Gasteiger partial charge in [-0.25, -0.2) is 0 Å². The summed E-state index contributed by atoms with van der Waals surface area (Å²) in [6.07, 6.45) is 1.87. The molecule has 0 aromatic carbocycles. The average Bonchev–Trinajstić information content (AvgIpc) is 2.45. The molecule has 1 rings (SSSR count). The molecule has 15 heavy (non-hydrogen) atoms. The summed E-state index contributed by atoms with van der Waals surface area (Å²) in [5.74, 6) is 0.572. The van der Waals surface area contributed by atoms with Crippen molar-refractivity contribution < 1.29 is 4.79 Å². The third-order valence-corrected chi connectivity index (χ3v) is 2.98. The van der Waals surface area contributed by atoms with Gasteiger partial charge in [0, 0.05) is 17.5 Å². The number of anilines is 1. The number of carbonyl (C=O) groups is 1. The lowest BCUT2D eigenvalue weighted by Crippen LogP contribution is -2.07. The predicted octanol–water partition coefficient (Wildman–Crippen LogP) is 2.93. The Hall–Kier alpha value is -0.900. The Bertz CT molecular complexity index is 355. The van der Waals surface area contributed by atoms with E-state index < -0.39 is 0 Å². The Labute approximate surface area is 95.0 Å². The monoisotopic (exact) mass is 226 g/mol. The van der Waals surface area contributed by atoms with Gasteiger partial charge in [-0.15, -0.1) is 0 Å². The smallest absolute Gasteiger partial charge is 0.223 e. The second-order valence-electron chi connectivity index (χ2n) is 4.07. The van der Waals surface area contributed by atoms with Crippen molar-refractivity contribution in [2.75, 3.05) is 5.73 Å². The van der Waals surface area contributed by atoms with Crippen LogP contribution in [0.15, 0.2) is 12.3 Å². The Balaban J connectivity index is 2.91. The molecule has 0 aliphatic carbocycles. The van der Waals surface area contributed by atoms with Gasteiger partial charge >= 0.3 is 0 Å². The highest BCUT2D eigenvalue weighted by Crippen LogP contribution is 2.24. The highest BCUT2D eigenvalue weighted by molar-refractivity contribution is 8.14. The van der Waals surface area contributed by atoms with Crippen LogP contribution in [0.25, 0.3) is 0 Å². The fraction of sp³-hybridized carbons (Fsp3) is 0.545. The Morgan fingerprint density at radius 3 is 2.40 bits per heavy atom. The van der Waals surface area contributed by atoms with Gasteiger partial charge in [0.15, 0.2) is 0 Å². The molecule has 0 fully saturated rings. The number of nitrogen functional groups attached to an aromatic ring is 1. The molecule has 0 radical (unpaired) electrons. The van der Waals surface area contributed by atoms with Crippen LogP contribution < -0.4 is 5.73 Å². The number of thioether (sulfide) groups is 1. The number of rotatable bonds is 3. The molecule has 2 N–H and O–H groups in total. The molecule has 1 aromatic rings. The first-order valence-corrected chi connectivity index (χ1v) is 5.98. The van der Waals surface area contributed by atoms with E-state index in [9.17, 15) is 4.79 Å². The normalized spacial score (nSPS) is 11.3. The van der Waals surface area contributed by atoms with Gasteiger partial charge in [-0.2, -0.15) is 0 Å². The lowest BCUT2D eigenvalue weighted by molar-refractivity contribution is 0.108. The minimum atomic E-state index is 0.0573. The molecule has 0 spiro atoms. The van der Waals surface area contributed by atoms with Gasteiger partial charge in [-0.05, 0) is 19.9 Å². The maximum absolute atomic E-state index is 11.8. The Kier molecular flexibility index (Phi) is 3.85. The molecule has 0 atom stereocenters. The first-order chi connectivity index (χ1) is 6.93. The van der Waals surface area contributed by atoms with Gasteiger partial charge in [0.05, 0.1) is 5.56 Å². The molecular weight excluding hydrogens is 208 g/mol.